The van der Waals surface area contributed by atoms with Crippen molar-refractivity contribution in [3.05, 3.63) is 52.0 Å². The summed E-state index contributed by atoms with van der Waals surface area (Å²) in [6.07, 6.45) is 0.750. The SMILES string of the molecule is N#Cc1cc(F)ccc1NC(=O)NCCc1cccs1. The van der Waals surface area contributed by atoms with Gasteiger partial charge in [-0.1, -0.05) is 6.07 Å². The van der Waals surface area contributed by atoms with Gasteiger partial charge in [0.1, 0.15) is 11.9 Å². The molecule has 0 radical (unpaired) electrons. The Balaban J connectivity index is 1.87. The number of hydrogen-bond acceptors (Lipinski definition) is 3. The zero-order valence-electron chi connectivity index (χ0n) is 10.5. The summed E-state index contributed by atoms with van der Waals surface area (Å²) in [6.45, 7) is 0.495. The molecule has 0 bridgehead atoms. The van der Waals surface area contributed by atoms with E-state index in [0.717, 1.165) is 12.5 Å². The van der Waals surface area contributed by atoms with Crippen LogP contribution in [0, 0.1) is 17.1 Å². The van der Waals surface area contributed by atoms with E-state index in [-0.39, 0.29) is 5.56 Å². The van der Waals surface area contributed by atoms with Crippen molar-refractivity contribution in [2.45, 2.75) is 6.42 Å². The molecular formula is C14H12FN3OS. The summed E-state index contributed by atoms with van der Waals surface area (Å²) >= 11 is 1.63. The molecule has 0 aliphatic heterocycles. The minimum absolute atomic E-state index is 0.0957. The molecular weight excluding hydrogens is 277 g/mol. The molecule has 0 aliphatic rings. The van der Waals surface area contributed by atoms with E-state index < -0.39 is 11.8 Å². The average Bonchev–Trinajstić information content (AvgIpc) is 2.94. The van der Waals surface area contributed by atoms with Gasteiger partial charge in [-0.2, -0.15) is 5.26 Å². The molecule has 20 heavy (non-hydrogen) atoms. The van der Waals surface area contributed by atoms with Gasteiger partial charge in [0.2, 0.25) is 0 Å². The lowest BCUT2D eigenvalue weighted by atomic mass is 10.2. The number of carbonyl (C=O) groups excluding carboxylic acids is 1. The molecule has 0 aliphatic carbocycles. The first-order valence-corrected chi connectivity index (χ1v) is 6.84. The predicted octanol–water partition coefficient (Wildman–Crippen LogP) is 3.12. The number of amides is 2. The molecule has 1 aromatic carbocycles. The van der Waals surface area contributed by atoms with Crippen LogP contribution in [-0.4, -0.2) is 12.6 Å². The minimum Gasteiger partial charge on any atom is -0.338 e. The second kappa shape index (κ2) is 6.68. The molecule has 0 saturated carbocycles. The third kappa shape index (κ3) is 3.80. The van der Waals surface area contributed by atoms with Crippen LogP contribution in [0.3, 0.4) is 0 Å². The summed E-state index contributed by atoms with van der Waals surface area (Å²) in [5.74, 6) is -0.509. The minimum atomic E-state index is -0.509. The first kappa shape index (κ1) is 14.0. The normalized spacial score (nSPS) is 9.80. The van der Waals surface area contributed by atoms with Crippen molar-refractivity contribution in [1.82, 2.24) is 5.32 Å². The van der Waals surface area contributed by atoms with E-state index in [1.807, 2.05) is 23.6 Å². The number of nitrogens with one attached hydrogen (secondary N) is 2. The van der Waals surface area contributed by atoms with Gasteiger partial charge in [-0.3, -0.25) is 0 Å². The highest BCUT2D eigenvalue weighted by atomic mass is 32.1. The first-order valence-electron chi connectivity index (χ1n) is 5.96. The van der Waals surface area contributed by atoms with Gasteiger partial charge in [0.25, 0.3) is 0 Å². The molecule has 102 valence electrons. The van der Waals surface area contributed by atoms with Gasteiger partial charge in [0.05, 0.1) is 11.3 Å². The molecule has 0 spiro atoms. The maximum absolute atomic E-state index is 13.0. The maximum atomic E-state index is 13.0. The number of carbonyl (C=O) groups is 1. The van der Waals surface area contributed by atoms with E-state index in [1.165, 1.54) is 17.0 Å². The lowest BCUT2D eigenvalue weighted by Crippen LogP contribution is -2.30. The molecule has 0 saturated heterocycles. The van der Waals surface area contributed by atoms with E-state index in [9.17, 15) is 9.18 Å². The van der Waals surface area contributed by atoms with Crippen LogP contribution in [0.5, 0.6) is 0 Å². The number of benzene rings is 1. The van der Waals surface area contributed by atoms with E-state index >= 15 is 0 Å². The zero-order chi connectivity index (χ0) is 14.4. The van der Waals surface area contributed by atoms with Crippen LogP contribution < -0.4 is 10.6 Å². The van der Waals surface area contributed by atoms with Crippen molar-refractivity contribution in [3.63, 3.8) is 0 Å². The lowest BCUT2D eigenvalue weighted by molar-refractivity contribution is 0.252. The Morgan fingerprint density at radius 3 is 2.95 bits per heavy atom. The molecule has 2 N–H and O–H groups in total. The van der Waals surface area contributed by atoms with Crippen molar-refractivity contribution >= 4 is 23.1 Å². The summed E-state index contributed by atoms with van der Waals surface area (Å²) in [4.78, 5) is 12.9. The predicted molar refractivity (Wildman–Crippen MR) is 76.2 cm³/mol. The fourth-order valence-corrected chi connectivity index (χ4v) is 2.35. The number of hydrogen-bond donors (Lipinski definition) is 2. The second-order valence-corrected chi connectivity index (χ2v) is 5.04. The highest BCUT2D eigenvalue weighted by Crippen LogP contribution is 2.15. The largest absolute Gasteiger partial charge is 0.338 e. The molecule has 4 nitrogen and oxygen atoms in total. The summed E-state index contributed by atoms with van der Waals surface area (Å²) in [6, 6.07) is 9.03. The van der Waals surface area contributed by atoms with Crippen LogP contribution in [0.2, 0.25) is 0 Å². The Morgan fingerprint density at radius 1 is 1.40 bits per heavy atom. The summed E-state index contributed by atoms with van der Waals surface area (Å²) < 4.78 is 13.0. The number of nitriles is 1. The van der Waals surface area contributed by atoms with Gasteiger partial charge in [0.15, 0.2) is 0 Å². The number of halogens is 1. The molecule has 2 aromatic rings. The van der Waals surface area contributed by atoms with Gasteiger partial charge in [-0.25, -0.2) is 9.18 Å². The molecule has 2 rings (SSSR count). The molecule has 0 atom stereocenters. The van der Waals surface area contributed by atoms with Gasteiger partial charge in [0, 0.05) is 11.4 Å². The Morgan fingerprint density at radius 2 is 2.25 bits per heavy atom. The van der Waals surface area contributed by atoms with Crippen molar-refractivity contribution in [2.75, 3.05) is 11.9 Å². The Kier molecular flexibility index (Phi) is 4.69. The third-order valence-electron chi connectivity index (χ3n) is 2.59. The standard InChI is InChI=1S/C14H12FN3OS/c15-11-3-4-13(10(8-11)9-16)18-14(19)17-6-5-12-2-1-7-20-12/h1-4,7-8H,5-6H2,(H2,17,18,19). The van der Waals surface area contributed by atoms with Crippen LogP contribution in [-0.2, 0) is 6.42 Å². The molecule has 1 heterocycles. The second-order valence-electron chi connectivity index (χ2n) is 4.01. The van der Waals surface area contributed by atoms with Gasteiger partial charge >= 0.3 is 6.03 Å². The van der Waals surface area contributed by atoms with E-state index in [1.54, 1.807) is 11.3 Å². The highest BCUT2D eigenvalue weighted by molar-refractivity contribution is 7.09. The summed E-state index contributed by atoms with van der Waals surface area (Å²) in [7, 11) is 0. The van der Waals surface area contributed by atoms with E-state index in [0.29, 0.717) is 12.2 Å². The molecule has 2 amide bonds. The van der Waals surface area contributed by atoms with Gasteiger partial charge in [-0.15, -0.1) is 11.3 Å². The lowest BCUT2D eigenvalue weighted by Gasteiger charge is -2.08. The van der Waals surface area contributed by atoms with Crippen molar-refractivity contribution in [1.29, 1.82) is 5.26 Å². The fraction of sp³-hybridized carbons (Fsp3) is 0.143. The van der Waals surface area contributed by atoms with Crippen molar-refractivity contribution in [3.8, 4) is 6.07 Å². The number of anilines is 1. The molecule has 1 aromatic heterocycles. The number of rotatable bonds is 4. The number of nitrogens with zero attached hydrogens (tertiary/aromatic N) is 1. The van der Waals surface area contributed by atoms with Gasteiger partial charge in [-0.05, 0) is 36.1 Å². The topological polar surface area (TPSA) is 64.9 Å². The zero-order valence-corrected chi connectivity index (χ0v) is 11.3. The summed E-state index contributed by atoms with van der Waals surface area (Å²) in [5.41, 5.74) is 0.390. The monoisotopic (exact) mass is 289 g/mol. The highest BCUT2D eigenvalue weighted by Gasteiger charge is 2.07. The fourth-order valence-electron chi connectivity index (χ4n) is 1.64. The Labute approximate surface area is 119 Å². The average molecular weight is 289 g/mol. The Bertz CT molecular complexity index is 634. The molecule has 6 heteroatoms. The van der Waals surface area contributed by atoms with Gasteiger partial charge < -0.3 is 10.6 Å². The third-order valence-corrected chi connectivity index (χ3v) is 3.52. The van der Waals surface area contributed by atoms with Crippen LogP contribution in [0.25, 0.3) is 0 Å². The van der Waals surface area contributed by atoms with Crippen LogP contribution in [0.15, 0.2) is 35.7 Å². The van der Waals surface area contributed by atoms with Crippen molar-refractivity contribution in [2.24, 2.45) is 0 Å². The Hall–Kier alpha value is -2.39. The molecule has 0 unspecified atom stereocenters. The maximum Gasteiger partial charge on any atom is 0.319 e. The molecule has 0 fully saturated rings. The van der Waals surface area contributed by atoms with E-state index in [2.05, 4.69) is 10.6 Å². The van der Waals surface area contributed by atoms with E-state index in [4.69, 9.17) is 5.26 Å². The van der Waals surface area contributed by atoms with Crippen molar-refractivity contribution < 1.29 is 9.18 Å². The number of thiophene rings is 1. The van der Waals surface area contributed by atoms with Crippen LogP contribution in [0.1, 0.15) is 10.4 Å². The summed E-state index contributed by atoms with van der Waals surface area (Å²) in [5, 5.41) is 16.1. The first-order chi connectivity index (χ1) is 9.69. The van der Waals surface area contributed by atoms with Crippen LogP contribution >= 0.6 is 11.3 Å². The van der Waals surface area contributed by atoms with Crippen LogP contribution in [0.4, 0.5) is 14.9 Å². The number of urea groups is 1. The smallest absolute Gasteiger partial charge is 0.319 e. The quantitative estimate of drug-likeness (QED) is 0.908.